The number of rotatable bonds is 4. The highest BCUT2D eigenvalue weighted by molar-refractivity contribution is 6.60. The minimum atomic E-state index is -1.13. The molecule has 0 radical (unpaired) electrons. The van der Waals surface area contributed by atoms with Crippen molar-refractivity contribution in [2.75, 3.05) is 0 Å². The summed E-state index contributed by atoms with van der Waals surface area (Å²) in [4.78, 5) is 10.1. The van der Waals surface area contributed by atoms with E-state index in [2.05, 4.69) is 0 Å². The summed E-state index contributed by atoms with van der Waals surface area (Å²) < 4.78 is 4.73. The maximum atomic E-state index is 10.1. The average molecular weight is 192 g/mol. The van der Waals surface area contributed by atoms with Crippen molar-refractivity contribution in [1.29, 1.82) is 0 Å². The molecule has 1 rings (SSSR count). The van der Waals surface area contributed by atoms with Crippen LogP contribution in [-0.2, 0) is 9.45 Å². The molecule has 0 saturated carbocycles. The van der Waals surface area contributed by atoms with Gasteiger partial charge < -0.3 is 14.8 Å². The van der Waals surface area contributed by atoms with Crippen LogP contribution in [0, 0.1) is 0 Å². The van der Waals surface area contributed by atoms with Gasteiger partial charge in [-0.3, -0.25) is 0 Å². The normalized spacial score (nSPS) is 10.1. The van der Waals surface area contributed by atoms with Crippen molar-refractivity contribution >= 4 is 18.6 Å². The number of carboxylic acid groups (broad SMARTS) is 1. The first-order valence-corrected chi connectivity index (χ1v) is 3.98. The highest BCUT2D eigenvalue weighted by Gasteiger charge is 2.15. The Morgan fingerprint density at radius 1 is 1.36 bits per heavy atom. The molecule has 4 nitrogen and oxygen atoms in total. The topological polar surface area (TPSA) is 66.8 Å². The monoisotopic (exact) mass is 192 g/mol. The first-order valence-electron chi connectivity index (χ1n) is 3.98. The van der Waals surface area contributed by atoms with Crippen molar-refractivity contribution in [3.8, 4) is 0 Å². The molecule has 0 aliphatic carbocycles. The molecule has 0 aliphatic heterocycles. The van der Waals surface area contributed by atoms with Crippen molar-refractivity contribution in [2.24, 2.45) is 0 Å². The summed E-state index contributed by atoms with van der Waals surface area (Å²) in [6.07, 6.45) is 1.76. The van der Waals surface area contributed by atoms with Gasteiger partial charge in [-0.05, 0) is 5.46 Å². The Morgan fingerprint density at radius 2 is 2.00 bits per heavy atom. The molecular formula is C9H9BO4. The summed E-state index contributed by atoms with van der Waals surface area (Å²) in [7, 11) is -1.13. The molecule has 2 N–H and O–H groups in total. The molecular weight excluding hydrogens is 183 g/mol. The third-order valence-electron chi connectivity index (χ3n) is 1.50. The second-order valence-corrected chi connectivity index (χ2v) is 2.54. The highest BCUT2D eigenvalue weighted by atomic mass is 16.5. The molecule has 0 aliphatic rings. The van der Waals surface area contributed by atoms with Crippen LogP contribution in [0.1, 0.15) is 0 Å². The first kappa shape index (κ1) is 10.3. The van der Waals surface area contributed by atoms with Gasteiger partial charge in [-0.1, -0.05) is 30.3 Å². The number of benzene rings is 1. The van der Waals surface area contributed by atoms with E-state index in [1.54, 1.807) is 24.3 Å². The molecule has 0 atom stereocenters. The number of carbonyl (C=O) groups is 1. The van der Waals surface area contributed by atoms with Crippen molar-refractivity contribution in [2.45, 2.75) is 0 Å². The van der Waals surface area contributed by atoms with Crippen LogP contribution < -0.4 is 5.46 Å². The van der Waals surface area contributed by atoms with Crippen LogP contribution in [0.5, 0.6) is 0 Å². The van der Waals surface area contributed by atoms with Crippen LogP contribution in [-0.4, -0.2) is 23.2 Å². The SMILES string of the molecule is O=C(O)C=COB(O)c1ccccc1. The van der Waals surface area contributed by atoms with Gasteiger partial charge in [-0.15, -0.1) is 0 Å². The molecule has 72 valence electrons. The Labute approximate surface area is 81.6 Å². The van der Waals surface area contributed by atoms with Crippen LogP contribution in [0.4, 0.5) is 0 Å². The van der Waals surface area contributed by atoms with Crippen molar-refractivity contribution in [1.82, 2.24) is 0 Å². The summed E-state index contributed by atoms with van der Waals surface area (Å²) in [6, 6.07) is 8.67. The fourth-order valence-electron chi connectivity index (χ4n) is 0.868. The quantitative estimate of drug-likeness (QED) is 0.400. The van der Waals surface area contributed by atoms with Crippen LogP contribution >= 0.6 is 0 Å². The third-order valence-corrected chi connectivity index (χ3v) is 1.50. The highest BCUT2D eigenvalue weighted by Crippen LogP contribution is 1.88. The third kappa shape index (κ3) is 3.32. The van der Waals surface area contributed by atoms with Crippen LogP contribution in [0.3, 0.4) is 0 Å². The molecule has 0 bridgehead atoms. The lowest BCUT2D eigenvalue weighted by molar-refractivity contribution is -0.131. The van der Waals surface area contributed by atoms with Gasteiger partial charge >= 0.3 is 13.1 Å². The van der Waals surface area contributed by atoms with Crippen LogP contribution in [0.25, 0.3) is 0 Å². The fourth-order valence-corrected chi connectivity index (χ4v) is 0.868. The minimum absolute atomic E-state index is 0.572. The molecule has 0 spiro atoms. The molecule has 0 fully saturated rings. The largest absolute Gasteiger partial charge is 0.559 e. The summed E-state index contributed by atoms with van der Waals surface area (Å²) >= 11 is 0. The van der Waals surface area contributed by atoms with Gasteiger partial charge in [0.2, 0.25) is 0 Å². The van der Waals surface area contributed by atoms with Gasteiger partial charge in [-0.25, -0.2) is 4.79 Å². The number of hydrogen-bond acceptors (Lipinski definition) is 3. The zero-order valence-corrected chi connectivity index (χ0v) is 7.33. The van der Waals surface area contributed by atoms with Gasteiger partial charge in [0.1, 0.15) is 0 Å². The second kappa shape index (κ2) is 5.09. The lowest BCUT2D eigenvalue weighted by Gasteiger charge is -2.03. The van der Waals surface area contributed by atoms with E-state index in [0.29, 0.717) is 5.46 Å². The zero-order valence-electron chi connectivity index (χ0n) is 7.33. The van der Waals surface area contributed by atoms with Crippen molar-refractivity contribution in [3.63, 3.8) is 0 Å². The Morgan fingerprint density at radius 3 is 2.57 bits per heavy atom. The van der Waals surface area contributed by atoms with Crippen molar-refractivity contribution in [3.05, 3.63) is 42.7 Å². The van der Waals surface area contributed by atoms with E-state index in [9.17, 15) is 9.82 Å². The van der Waals surface area contributed by atoms with E-state index in [1.165, 1.54) is 0 Å². The molecule has 0 saturated heterocycles. The molecule has 0 heterocycles. The molecule has 14 heavy (non-hydrogen) atoms. The van der Waals surface area contributed by atoms with Crippen LogP contribution in [0.15, 0.2) is 42.7 Å². The minimum Gasteiger partial charge on any atom is -0.538 e. The molecule has 0 amide bonds. The number of hydrogen-bond donors (Lipinski definition) is 2. The Hall–Kier alpha value is -1.75. The Bertz CT molecular complexity index is 323. The summed E-state index contributed by atoms with van der Waals surface area (Å²) in [5.74, 6) is -1.12. The van der Waals surface area contributed by atoms with Gasteiger partial charge in [0.15, 0.2) is 0 Å². The van der Waals surface area contributed by atoms with Crippen LogP contribution in [0.2, 0.25) is 0 Å². The molecule has 0 unspecified atom stereocenters. The van der Waals surface area contributed by atoms with Crippen molar-refractivity contribution < 1.29 is 19.6 Å². The van der Waals surface area contributed by atoms with E-state index in [0.717, 1.165) is 12.3 Å². The summed E-state index contributed by atoms with van der Waals surface area (Å²) in [5.41, 5.74) is 0.572. The smallest absolute Gasteiger partial charge is 0.538 e. The van der Waals surface area contributed by atoms with E-state index in [-0.39, 0.29) is 0 Å². The van der Waals surface area contributed by atoms with Gasteiger partial charge in [-0.2, -0.15) is 0 Å². The number of aliphatic carboxylic acids is 1. The summed E-state index contributed by atoms with van der Waals surface area (Å²) in [6.45, 7) is 0. The first-order chi connectivity index (χ1) is 6.70. The lowest BCUT2D eigenvalue weighted by atomic mass is 9.80. The maximum Gasteiger partial charge on any atom is 0.559 e. The Kier molecular flexibility index (Phi) is 3.76. The molecule has 1 aromatic carbocycles. The van der Waals surface area contributed by atoms with E-state index >= 15 is 0 Å². The lowest BCUT2D eigenvalue weighted by Crippen LogP contribution is -2.31. The Balaban J connectivity index is 2.51. The molecule has 1 aromatic rings. The van der Waals surface area contributed by atoms with Gasteiger partial charge in [0.05, 0.1) is 12.3 Å². The summed E-state index contributed by atoms with van der Waals surface area (Å²) in [5, 5.41) is 17.6. The van der Waals surface area contributed by atoms with E-state index < -0.39 is 13.1 Å². The predicted molar refractivity (Wildman–Crippen MR) is 51.9 cm³/mol. The zero-order chi connectivity index (χ0) is 10.4. The number of carboxylic acids is 1. The van der Waals surface area contributed by atoms with Gasteiger partial charge in [0, 0.05) is 0 Å². The average Bonchev–Trinajstić information content (AvgIpc) is 2.18. The maximum absolute atomic E-state index is 10.1. The predicted octanol–water partition coefficient (Wildman–Crippen LogP) is -0.0110. The fraction of sp³-hybridized carbons (Fsp3) is 0. The van der Waals surface area contributed by atoms with Gasteiger partial charge in [0.25, 0.3) is 0 Å². The van der Waals surface area contributed by atoms with E-state index in [1.807, 2.05) is 6.07 Å². The second-order valence-electron chi connectivity index (χ2n) is 2.54. The molecule has 5 heteroatoms. The molecule has 0 aromatic heterocycles. The van der Waals surface area contributed by atoms with E-state index in [4.69, 9.17) is 9.76 Å². The standard InChI is InChI=1S/C9H9BO4/c11-9(12)6-7-14-10(13)8-4-2-1-3-5-8/h1-7,13H,(H,11,12).